The summed E-state index contributed by atoms with van der Waals surface area (Å²) < 4.78 is 0. The zero-order valence-electron chi connectivity index (χ0n) is 15.0. The van der Waals surface area contributed by atoms with Gasteiger partial charge in [0.2, 0.25) is 5.91 Å². The molecule has 0 aliphatic carbocycles. The van der Waals surface area contributed by atoms with Crippen LogP contribution in [0.4, 0.5) is 5.82 Å². The number of benzene rings is 1. The predicted octanol–water partition coefficient (Wildman–Crippen LogP) is 3.48. The van der Waals surface area contributed by atoms with Crippen molar-refractivity contribution in [3.05, 3.63) is 41.6 Å². The van der Waals surface area contributed by atoms with Gasteiger partial charge in [0.05, 0.1) is 16.1 Å². The molecule has 2 saturated heterocycles. The van der Waals surface area contributed by atoms with Gasteiger partial charge in [-0.1, -0.05) is 23.7 Å². The van der Waals surface area contributed by atoms with Gasteiger partial charge in [-0.3, -0.25) is 4.79 Å². The van der Waals surface area contributed by atoms with Gasteiger partial charge in [-0.05, 0) is 31.0 Å². The third-order valence-electron chi connectivity index (χ3n) is 5.66. The highest BCUT2D eigenvalue weighted by molar-refractivity contribution is 6.33. The smallest absolute Gasteiger partial charge is 0.220 e. The van der Waals surface area contributed by atoms with Crippen LogP contribution in [0.15, 0.2) is 36.5 Å². The molecule has 5 rings (SSSR count). The Labute approximate surface area is 162 Å². The van der Waals surface area contributed by atoms with Crippen LogP contribution in [0.25, 0.3) is 22.4 Å². The minimum Gasteiger partial charge on any atom is -0.352 e. The maximum absolute atomic E-state index is 11.9. The van der Waals surface area contributed by atoms with Gasteiger partial charge < -0.3 is 14.8 Å². The second-order valence-corrected chi connectivity index (χ2v) is 7.75. The van der Waals surface area contributed by atoms with E-state index in [2.05, 4.69) is 19.9 Å². The van der Waals surface area contributed by atoms with E-state index in [4.69, 9.17) is 11.6 Å². The molecule has 1 amide bonds. The quantitative estimate of drug-likeness (QED) is 0.738. The first kappa shape index (κ1) is 16.6. The lowest BCUT2D eigenvalue weighted by Gasteiger charge is -2.41. The molecule has 2 aliphatic rings. The molecule has 2 aromatic heterocycles. The number of carbonyl (C=O) groups is 1. The number of nitrogens with one attached hydrogen (secondary N) is 1. The van der Waals surface area contributed by atoms with Crippen LogP contribution in [0, 0.1) is 0 Å². The highest BCUT2D eigenvalue weighted by Gasteiger charge is 2.41. The van der Waals surface area contributed by atoms with E-state index in [0.29, 0.717) is 5.02 Å². The summed E-state index contributed by atoms with van der Waals surface area (Å²) in [6.45, 7) is 3.29. The fourth-order valence-electron chi connectivity index (χ4n) is 4.47. The van der Waals surface area contributed by atoms with Gasteiger partial charge in [-0.25, -0.2) is 9.97 Å². The van der Waals surface area contributed by atoms with Crippen LogP contribution in [0.5, 0.6) is 0 Å². The molecule has 1 N–H and O–H groups in total. The summed E-state index contributed by atoms with van der Waals surface area (Å²) >= 11 is 6.44. The van der Waals surface area contributed by atoms with Gasteiger partial charge in [-0.15, -0.1) is 0 Å². The predicted molar refractivity (Wildman–Crippen MR) is 106 cm³/mol. The van der Waals surface area contributed by atoms with E-state index in [0.717, 1.165) is 54.2 Å². The molecule has 0 spiro atoms. The second kappa shape index (κ2) is 6.23. The molecule has 27 heavy (non-hydrogen) atoms. The van der Waals surface area contributed by atoms with Crippen molar-refractivity contribution >= 4 is 34.4 Å². The number of fused-ring (bicyclic) bond motifs is 3. The summed E-state index contributed by atoms with van der Waals surface area (Å²) in [5, 5.41) is 0.572. The van der Waals surface area contributed by atoms with Crippen molar-refractivity contribution in [1.82, 2.24) is 19.9 Å². The Hall–Kier alpha value is -2.60. The first-order valence-corrected chi connectivity index (χ1v) is 9.62. The van der Waals surface area contributed by atoms with E-state index < -0.39 is 0 Å². The number of carbonyl (C=O) groups excluding carboxylic acids is 1. The second-order valence-electron chi connectivity index (χ2n) is 7.34. The SMILES string of the molecule is CC(=O)N1[C@@H]2CC[C@H]1CN(c1cc(-c3nc4ccccc4[nH]3)c(Cl)cn1)C2. The van der Waals surface area contributed by atoms with Gasteiger partial charge in [0.1, 0.15) is 11.6 Å². The molecule has 138 valence electrons. The number of amides is 1. The summed E-state index contributed by atoms with van der Waals surface area (Å²) in [6, 6.07) is 10.5. The molecule has 4 heterocycles. The lowest BCUT2D eigenvalue weighted by Crippen LogP contribution is -2.55. The number of anilines is 1. The van der Waals surface area contributed by atoms with E-state index in [1.807, 2.05) is 35.2 Å². The molecular formula is C20H20ClN5O. The van der Waals surface area contributed by atoms with E-state index in [1.54, 1.807) is 13.1 Å². The van der Waals surface area contributed by atoms with Crippen LogP contribution < -0.4 is 4.90 Å². The average molecular weight is 382 g/mol. The Bertz CT molecular complexity index is 985. The Kier molecular flexibility index (Phi) is 3.82. The molecule has 7 heteroatoms. The number of hydrogen-bond donors (Lipinski definition) is 1. The number of H-pyrrole nitrogens is 1. The van der Waals surface area contributed by atoms with Crippen molar-refractivity contribution < 1.29 is 4.79 Å². The Morgan fingerprint density at radius 2 is 1.96 bits per heavy atom. The molecule has 6 nitrogen and oxygen atoms in total. The third-order valence-corrected chi connectivity index (χ3v) is 5.96. The van der Waals surface area contributed by atoms with Gasteiger partial charge >= 0.3 is 0 Å². The topological polar surface area (TPSA) is 65.1 Å². The van der Waals surface area contributed by atoms with Crippen molar-refractivity contribution in [2.24, 2.45) is 0 Å². The van der Waals surface area contributed by atoms with Gasteiger partial charge in [0, 0.05) is 43.9 Å². The number of pyridine rings is 1. The van der Waals surface area contributed by atoms with Crippen molar-refractivity contribution in [2.75, 3.05) is 18.0 Å². The summed E-state index contributed by atoms with van der Waals surface area (Å²) in [4.78, 5) is 28.8. The third kappa shape index (κ3) is 2.75. The van der Waals surface area contributed by atoms with Crippen molar-refractivity contribution in [1.29, 1.82) is 0 Å². The molecule has 2 fully saturated rings. The van der Waals surface area contributed by atoms with Crippen LogP contribution in [0.2, 0.25) is 5.02 Å². The maximum atomic E-state index is 11.9. The number of aromatic amines is 1. The van der Waals surface area contributed by atoms with Crippen molar-refractivity contribution in [2.45, 2.75) is 31.8 Å². The minimum atomic E-state index is 0.175. The van der Waals surface area contributed by atoms with Crippen molar-refractivity contribution in [3.8, 4) is 11.4 Å². The molecule has 2 bridgehead atoms. The first-order chi connectivity index (χ1) is 13.1. The van der Waals surface area contributed by atoms with Crippen LogP contribution in [-0.2, 0) is 4.79 Å². The zero-order chi connectivity index (χ0) is 18.5. The van der Waals surface area contributed by atoms with Crippen molar-refractivity contribution in [3.63, 3.8) is 0 Å². The van der Waals surface area contributed by atoms with Crippen LogP contribution in [0.1, 0.15) is 19.8 Å². The lowest BCUT2D eigenvalue weighted by molar-refractivity contribution is -0.132. The van der Waals surface area contributed by atoms with E-state index >= 15 is 0 Å². The molecular weight excluding hydrogens is 362 g/mol. The number of imidazole rings is 1. The fraction of sp³-hybridized carbons (Fsp3) is 0.350. The summed E-state index contributed by atoms with van der Waals surface area (Å²) in [7, 11) is 0. The van der Waals surface area contributed by atoms with Gasteiger partial charge in [0.25, 0.3) is 0 Å². The number of para-hydroxylation sites is 2. The highest BCUT2D eigenvalue weighted by atomic mass is 35.5. The van der Waals surface area contributed by atoms with E-state index in [9.17, 15) is 4.79 Å². The first-order valence-electron chi connectivity index (χ1n) is 9.24. The molecule has 0 unspecified atom stereocenters. The Morgan fingerprint density at radius 3 is 2.67 bits per heavy atom. The monoisotopic (exact) mass is 381 g/mol. The molecule has 0 radical (unpaired) electrons. The molecule has 2 atom stereocenters. The Balaban J connectivity index is 1.49. The number of piperazine rings is 1. The average Bonchev–Trinajstić information content (AvgIpc) is 3.20. The van der Waals surface area contributed by atoms with E-state index in [-0.39, 0.29) is 18.0 Å². The fourth-order valence-corrected chi connectivity index (χ4v) is 4.66. The number of rotatable bonds is 2. The van der Waals surface area contributed by atoms with Crippen LogP contribution in [0.3, 0.4) is 0 Å². The summed E-state index contributed by atoms with van der Waals surface area (Å²) in [5.41, 5.74) is 2.74. The standard InChI is InChI=1S/C20H20ClN5O/c1-12(27)26-13-6-7-14(26)11-25(10-13)19-8-15(16(21)9-22-19)20-23-17-4-2-3-5-18(17)24-20/h2-5,8-9,13-14H,6-7,10-11H2,1H3,(H,23,24)/t13-,14+. The van der Waals surface area contributed by atoms with Gasteiger partial charge in [-0.2, -0.15) is 0 Å². The molecule has 3 aromatic rings. The summed E-state index contributed by atoms with van der Waals surface area (Å²) in [6.07, 6.45) is 3.81. The molecule has 1 aromatic carbocycles. The number of halogens is 1. The highest BCUT2D eigenvalue weighted by Crippen LogP contribution is 2.35. The maximum Gasteiger partial charge on any atom is 0.220 e. The largest absolute Gasteiger partial charge is 0.352 e. The lowest BCUT2D eigenvalue weighted by atomic mass is 10.1. The van der Waals surface area contributed by atoms with Crippen LogP contribution >= 0.6 is 11.6 Å². The Morgan fingerprint density at radius 1 is 1.22 bits per heavy atom. The van der Waals surface area contributed by atoms with Crippen LogP contribution in [-0.4, -0.2) is 50.9 Å². The number of nitrogens with zero attached hydrogens (tertiary/aromatic N) is 4. The number of hydrogen-bond acceptors (Lipinski definition) is 4. The minimum absolute atomic E-state index is 0.175. The molecule has 0 saturated carbocycles. The normalized spacial score (nSPS) is 21.9. The molecule has 2 aliphatic heterocycles. The zero-order valence-corrected chi connectivity index (χ0v) is 15.8. The number of aromatic nitrogens is 3. The summed E-state index contributed by atoms with van der Waals surface area (Å²) in [5.74, 6) is 1.80. The van der Waals surface area contributed by atoms with E-state index in [1.165, 1.54) is 0 Å². The van der Waals surface area contributed by atoms with Gasteiger partial charge in [0.15, 0.2) is 0 Å².